The Balaban J connectivity index is 1.71. The molecule has 26 heavy (non-hydrogen) atoms. The zero-order valence-corrected chi connectivity index (χ0v) is 16.0. The van der Waals surface area contributed by atoms with E-state index in [9.17, 15) is 14.4 Å². The van der Waals surface area contributed by atoms with Crippen LogP contribution in [0.5, 0.6) is 0 Å². The molecule has 0 saturated heterocycles. The molecule has 0 atom stereocenters. The first-order chi connectivity index (χ1) is 12.3. The molecule has 1 N–H and O–H groups in total. The van der Waals surface area contributed by atoms with Gasteiger partial charge in [-0.3, -0.25) is 19.7 Å². The van der Waals surface area contributed by atoms with Gasteiger partial charge in [0.2, 0.25) is 0 Å². The Hall–Kier alpha value is -2.47. The molecule has 1 heterocycles. The van der Waals surface area contributed by atoms with E-state index in [-0.39, 0.29) is 11.8 Å². The van der Waals surface area contributed by atoms with Gasteiger partial charge >= 0.3 is 5.97 Å². The van der Waals surface area contributed by atoms with Gasteiger partial charge in [0.05, 0.1) is 4.88 Å². The van der Waals surface area contributed by atoms with E-state index in [2.05, 4.69) is 38.2 Å². The Bertz CT molecular complexity index is 758. The average Bonchev–Trinajstić information content (AvgIpc) is 3.12. The Kier molecular flexibility index (Phi) is 6.69. The fourth-order valence-electron chi connectivity index (χ4n) is 2.27. The predicted molar refractivity (Wildman–Crippen MR) is 101 cm³/mol. The van der Waals surface area contributed by atoms with Gasteiger partial charge in [-0.15, -0.1) is 11.3 Å². The molecule has 1 aromatic heterocycles. The molecule has 0 aliphatic rings. The van der Waals surface area contributed by atoms with Crippen molar-refractivity contribution in [3.63, 3.8) is 0 Å². The number of carbonyl (C=O) groups is 3. The lowest BCUT2D eigenvalue weighted by Crippen LogP contribution is -2.33. The lowest BCUT2D eigenvalue weighted by atomic mass is 9.86. The molecule has 0 aliphatic heterocycles. The number of nitrogens with one attached hydrogen (secondary N) is 1. The number of aryl methyl sites for hydroxylation is 1. The smallest absolute Gasteiger partial charge is 0.306 e. The van der Waals surface area contributed by atoms with Gasteiger partial charge < -0.3 is 4.74 Å². The molecular weight excluding hydrogens is 350 g/mol. The Labute approximate surface area is 157 Å². The van der Waals surface area contributed by atoms with Crippen molar-refractivity contribution in [1.82, 2.24) is 5.32 Å². The van der Waals surface area contributed by atoms with Gasteiger partial charge in [-0.25, -0.2) is 0 Å². The van der Waals surface area contributed by atoms with E-state index in [1.165, 1.54) is 16.9 Å². The van der Waals surface area contributed by atoms with E-state index in [1.54, 1.807) is 17.5 Å². The molecule has 5 nitrogen and oxygen atoms in total. The van der Waals surface area contributed by atoms with Crippen molar-refractivity contribution in [3.05, 3.63) is 57.8 Å². The SMILES string of the molecule is CC(C)(C)c1ccc(CCC(=O)OCC(=O)NC(=O)c2cccs2)cc1. The second-order valence-corrected chi connectivity index (χ2v) is 7.91. The predicted octanol–water partition coefficient (Wildman–Crippen LogP) is 3.48. The molecular formula is C20H23NO4S. The molecule has 0 unspecified atom stereocenters. The first-order valence-corrected chi connectivity index (χ1v) is 9.26. The number of benzene rings is 1. The van der Waals surface area contributed by atoms with Crippen molar-refractivity contribution in [3.8, 4) is 0 Å². The third-order valence-electron chi connectivity index (χ3n) is 3.80. The maximum Gasteiger partial charge on any atom is 0.306 e. The molecule has 6 heteroatoms. The number of hydrogen-bond donors (Lipinski definition) is 1. The third-order valence-corrected chi connectivity index (χ3v) is 4.67. The third kappa shape index (κ3) is 6.11. The summed E-state index contributed by atoms with van der Waals surface area (Å²) in [6.45, 7) is 5.98. The highest BCUT2D eigenvalue weighted by atomic mass is 32.1. The van der Waals surface area contributed by atoms with Gasteiger partial charge in [0, 0.05) is 6.42 Å². The Morgan fingerprint density at radius 2 is 1.77 bits per heavy atom. The van der Waals surface area contributed by atoms with Gasteiger partial charge in [-0.2, -0.15) is 0 Å². The summed E-state index contributed by atoms with van der Waals surface area (Å²) in [6, 6.07) is 11.5. The van der Waals surface area contributed by atoms with Crippen molar-refractivity contribution in [2.24, 2.45) is 0 Å². The molecule has 0 aliphatic carbocycles. The number of carbonyl (C=O) groups excluding carboxylic acids is 3. The summed E-state index contributed by atoms with van der Waals surface area (Å²) < 4.78 is 4.92. The van der Waals surface area contributed by atoms with Gasteiger partial charge in [-0.1, -0.05) is 51.1 Å². The van der Waals surface area contributed by atoms with Crippen LogP contribution in [-0.4, -0.2) is 24.4 Å². The summed E-state index contributed by atoms with van der Waals surface area (Å²) in [5.74, 6) is -1.59. The number of rotatable bonds is 6. The van der Waals surface area contributed by atoms with Gasteiger partial charge in [0.25, 0.3) is 11.8 Å². The molecule has 0 spiro atoms. The van der Waals surface area contributed by atoms with Crippen LogP contribution in [0.3, 0.4) is 0 Å². The van der Waals surface area contributed by atoms with E-state index < -0.39 is 24.4 Å². The monoisotopic (exact) mass is 373 g/mol. The van der Waals surface area contributed by atoms with Gasteiger partial charge in [0.15, 0.2) is 6.61 Å². The highest BCUT2D eigenvalue weighted by Gasteiger charge is 2.14. The largest absolute Gasteiger partial charge is 0.456 e. The van der Waals surface area contributed by atoms with E-state index >= 15 is 0 Å². The van der Waals surface area contributed by atoms with Crippen molar-refractivity contribution >= 4 is 29.1 Å². The van der Waals surface area contributed by atoms with Gasteiger partial charge in [-0.05, 0) is 34.4 Å². The standard InChI is InChI=1S/C20H23NO4S/c1-20(2,3)15-9-6-14(7-10-15)8-11-18(23)25-13-17(22)21-19(24)16-5-4-12-26-16/h4-7,9-10,12H,8,11,13H2,1-3H3,(H,21,22,24). The molecule has 0 bridgehead atoms. The van der Waals surface area contributed by atoms with Crippen LogP contribution >= 0.6 is 11.3 Å². The number of thiophene rings is 1. The maximum atomic E-state index is 11.8. The summed E-state index contributed by atoms with van der Waals surface area (Å²) in [5, 5.41) is 3.93. The van der Waals surface area contributed by atoms with E-state index in [1.807, 2.05) is 12.1 Å². The van der Waals surface area contributed by atoms with Crippen LogP contribution in [0.2, 0.25) is 0 Å². The lowest BCUT2D eigenvalue weighted by Gasteiger charge is -2.19. The van der Waals surface area contributed by atoms with Crippen LogP contribution in [0.15, 0.2) is 41.8 Å². The molecule has 138 valence electrons. The number of esters is 1. The Morgan fingerprint density at radius 1 is 1.08 bits per heavy atom. The summed E-state index contributed by atoms with van der Waals surface area (Å²) in [5.41, 5.74) is 2.36. The second-order valence-electron chi connectivity index (χ2n) is 6.96. The summed E-state index contributed by atoms with van der Waals surface area (Å²) in [4.78, 5) is 35.6. The normalized spacial score (nSPS) is 11.0. The van der Waals surface area contributed by atoms with Crippen molar-refractivity contribution in [2.45, 2.75) is 39.0 Å². The van der Waals surface area contributed by atoms with Crippen molar-refractivity contribution in [2.75, 3.05) is 6.61 Å². The van der Waals surface area contributed by atoms with Gasteiger partial charge in [0.1, 0.15) is 0 Å². The zero-order chi connectivity index (χ0) is 19.2. The van der Waals surface area contributed by atoms with Crippen LogP contribution < -0.4 is 5.32 Å². The average molecular weight is 373 g/mol. The maximum absolute atomic E-state index is 11.8. The van der Waals surface area contributed by atoms with Crippen LogP contribution in [-0.2, 0) is 26.2 Å². The topological polar surface area (TPSA) is 72.5 Å². The van der Waals surface area contributed by atoms with E-state index in [4.69, 9.17) is 4.74 Å². The molecule has 0 saturated carbocycles. The molecule has 2 amide bonds. The lowest BCUT2D eigenvalue weighted by molar-refractivity contribution is -0.148. The highest BCUT2D eigenvalue weighted by molar-refractivity contribution is 7.12. The number of ether oxygens (including phenoxy) is 1. The van der Waals surface area contributed by atoms with Crippen molar-refractivity contribution < 1.29 is 19.1 Å². The summed E-state index contributed by atoms with van der Waals surface area (Å²) >= 11 is 1.23. The first-order valence-electron chi connectivity index (χ1n) is 8.38. The second kappa shape index (κ2) is 8.76. The van der Waals surface area contributed by atoms with Crippen LogP contribution in [0, 0.1) is 0 Å². The van der Waals surface area contributed by atoms with Crippen LogP contribution in [0.1, 0.15) is 48.0 Å². The number of imide groups is 1. The van der Waals surface area contributed by atoms with E-state index in [0.29, 0.717) is 11.3 Å². The van der Waals surface area contributed by atoms with E-state index in [0.717, 1.165) is 5.56 Å². The molecule has 2 aromatic rings. The summed E-state index contributed by atoms with van der Waals surface area (Å²) in [7, 11) is 0. The minimum Gasteiger partial charge on any atom is -0.456 e. The van der Waals surface area contributed by atoms with Crippen LogP contribution in [0.25, 0.3) is 0 Å². The summed E-state index contributed by atoms with van der Waals surface area (Å²) in [6.07, 6.45) is 0.722. The highest BCUT2D eigenvalue weighted by Crippen LogP contribution is 2.22. The molecule has 0 fully saturated rings. The molecule has 2 rings (SSSR count). The fraction of sp³-hybridized carbons (Fsp3) is 0.350. The number of amides is 2. The fourth-order valence-corrected chi connectivity index (χ4v) is 2.89. The quantitative estimate of drug-likeness (QED) is 0.787. The van der Waals surface area contributed by atoms with Crippen molar-refractivity contribution in [1.29, 1.82) is 0 Å². The minimum absolute atomic E-state index is 0.0887. The number of hydrogen-bond acceptors (Lipinski definition) is 5. The Morgan fingerprint density at radius 3 is 2.35 bits per heavy atom. The molecule has 1 aromatic carbocycles. The minimum atomic E-state index is -0.633. The first kappa shape index (κ1) is 19.8. The van der Waals surface area contributed by atoms with Crippen LogP contribution in [0.4, 0.5) is 0 Å². The zero-order valence-electron chi connectivity index (χ0n) is 15.2. The molecule has 0 radical (unpaired) electrons.